The van der Waals surface area contributed by atoms with Crippen LogP contribution in [0.15, 0.2) is 48.1 Å². The molecule has 0 spiro atoms. The van der Waals surface area contributed by atoms with Crippen LogP contribution in [0, 0.1) is 5.92 Å². The van der Waals surface area contributed by atoms with Gasteiger partial charge in [-0.05, 0) is 29.6 Å². The quantitative estimate of drug-likeness (QED) is 0.636. The van der Waals surface area contributed by atoms with E-state index in [1.807, 2.05) is 6.07 Å². The number of rotatable bonds is 3. The molecule has 1 aliphatic carbocycles. The Hall–Kier alpha value is -1.05. The molecule has 1 aromatic carbocycles. The lowest BCUT2D eigenvalue weighted by atomic mass is 9.81. The highest BCUT2D eigenvalue weighted by atomic mass is 35.5. The molecule has 0 saturated carbocycles. The van der Waals surface area contributed by atoms with E-state index in [0.29, 0.717) is 0 Å². The third-order valence-electron chi connectivity index (χ3n) is 3.67. The van der Waals surface area contributed by atoms with Crippen LogP contribution in [0.25, 0.3) is 5.57 Å². The van der Waals surface area contributed by atoms with Crippen LogP contribution < -0.4 is 5.73 Å². The molecule has 0 aromatic heterocycles. The Morgan fingerprint density at radius 1 is 1.22 bits per heavy atom. The third-order valence-corrected chi connectivity index (χ3v) is 4.19. The Labute approximate surface area is 114 Å². The summed E-state index contributed by atoms with van der Waals surface area (Å²) in [5, 5.41) is 0. The van der Waals surface area contributed by atoms with Gasteiger partial charge in [-0.15, -0.1) is 0 Å². The molecule has 0 bridgehead atoms. The largest absolute Gasteiger partial charge is 0.309 e. The van der Waals surface area contributed by atoms with E-state index >= 15 is 0 Å². The summed E-state index contributed by atoms with van der Waals surface area (Å²) in [7, 11) is 0. The summed E-state index contributed by atoms with van der Waals surface area (Å²) in [4.78, 5) is -0.720. The van der Waals surface area contributed by atoms with Gasteiger partial charge in [0.1, 0.15) is 5.00 Å². The van der Waals surface area contributed by atoms with Crippen molar-refractivity contribution in [2.45, 2.75) is 31.7 Å². The number of allylic oxidation sites excluding steroid dienone is 2. The van der Waals surface area contributed by atoms with Gasteiger partial charge in [-0.2, -0.15) is 0 Å². The van der Waals surface area contributed by atoms with Gasteiger partial charge in [0.2, 0.25) is 0 Å². The molecule has 2 atom stereocenters. The number of benzene rings is 1. The smallest absolute Gasteiger partial charge is 0.119 e. The zero-order valence-corrected chi connectivity index (χ0v) is 11.7. The average Bonchev–Trinajstić information content (AvgIpc) is 2.39. The molecule has 0 aliphatic heterocycles. The van der Waals surface area contributed by atoms with Crippen LogP contribution in [0.3, 0.4) is 0 Å². The molecule has 18 heavy (non-hydrogen) atoms. The van der Waals surface area contributed by atoms with Gasteiger partial charge in [-0.3, -0.25) is 0 Å². The summed E-state index contributed by atoms with van der Waals surface area (Å²) in [5.41, 5.74) is 9.87. The summed E-state index contributed by atoms with van der Waals surface area (Å²) in [5.74, 6) is 0.189. The molecule has 2 heteroatoms. The number of halogens is 1. The van der Waals surface area contributed by atoms with Crippen LogP contribution in [0.1, 0.15) is 32.3 Å². The fourth-order valence-corrected chi connectivity index (χ4v) is 2.93. The van der Waals surface area contributed by atoms with Crippen molar-refractivity contribution in [1.82, 2.24) is 0 Å². The summed E-state index contributed by atoms with van der Waals surface area (Å²) >= 11 is 6.52. The molecule has 0 amide bonds. The van der Waals surface area contributed by atoms with Crippen LogP contribution in [-0.4, -0.2) is 5.00 Å². The molecule has 1 aliphatic rings. The van der Waals surface area contributed by atoms with Crippen LogP contribution in [0.4, 0.5) is 0 Å². The molecule has 2 N–H and O–H groups in total. The van der Waals surface area contributed by atoms with E-state index < -0.39 is 5.00 Å². The highest BCUT2D eigenvalue weighted by Crippen LogP contribution is 2.40. The minimum Gasteiger partial charge on any atom is -0.309 e. The van der Waals surface area contributed by atoms with E-state index in [0.717, 1.165) is 18.4 Å². The normalized spacial score (nSPS) is 27.7. The highest BCUT2D eigenvalue weighted by molar-refractivity contribution is 6.26. The van der Waals surface area contributed by atoms with Crippen LogP contribution in [0.2, 0.25) is 0 Å². The molecule has 96 valence electrons. The Bertz CT molecular complexity index is 471. The first-order valence-electron chi connectivity index (χ1n) is 6.55. The number of hydrogen-bond donors (Lipinski definition) is 1. The van der Waals surface area contributed by atoms with E-state index in [9.17, 15) is 0 Å². The first-order chi connectivity index (χ1) is 8.59. The van der Waals surface area contributed by atoms with Gasteiger partial charge in [0, 0.05) is 5.92 Å². The van der Waals surface area contributed by atoms with Crippen molar-refractivity contribution in [3.63, 3.8) is 0 Å². The summed E-state index contributed by atoms with van der Waals surface area (Å²) in [6.45, 7) is 4.24. The second-order valence-electron chi connectivity index (χ2n) is 4.79. The van der Waals surface area contributed by atoms with E-state index in [2.05, 4.69) is 50.3 Å². The summed E-state index contributed by atoms with van der Waals surface area (Å²) < 4.78 is 0. The molecule has 1 aromatic rings. The van der Waals surface area contributed by atoms with Crippen LogP contribution in [0.5, 0.6) is 0 Å². The van der Waals surface area contributed by atoms with Crippen molar-refractivity contribution < 1.29 is 0 Å². The Balaban J connectivity index is 2.44. The molecular formula is C16H20ClN. The molecule has 1 nitrogen and oxygen atoms in total. The molecule has 0 radical (unpaired) electrons. The average molecular weight is 262 g/mol. The van der Waals surface area contributed by atoms with E-state index in [-0.39, 0.29) is 5.92 Å². The summed E-state index contributed by atoms with van der Waals surface area (Å²) in [6.07, 6.45) is 6.20. The molecule has 0 fully saturated rings. The first kappa shape index (κ1) is 13.4. The Morgan fingerprint density at radius 2 is 1.89 bits per heavy atom. The maximum absolute atomic E-state index is 6.52. The fraction of sp³-hybridized carbons (Fsp3) is 0.375. The lowest BCUT2D eigenvalue weighted by Crippen LogP contribution is -2.43. The Morgan fingerprint density at radius 3 is 2.44 bits per heavy atom. The van der Waals surface area contributed by atoms with Crippen LogP contribution >= 0.6 is 11.6 Å². The van der Waals surface area contributed by atoms with Gasteiger partial charge in [-0.1, -0.05) is 67.9 Å². The van der Waals surface area contributed by atoms with E-state index in [1.54, 1.807) is 0 Å². The number of alkyl halides is 1. The number of hydrogen-bond acceptors (Lipinski definition) is 1. The predicted octanol–water partition coefficient (Wildman–Crippen LogP) is 4.34. The van der Waals surface area contributed by atoms with Crippen molar-refractivity contribution in [2.75, 3.05) is 0 Å². The maximum Gasteiger partial charge on any atom is 0.119 e. The van der Waals surface area contributed by atoms with Crippen molar-refractivity contribution in [2.24, 2.45) is 11.7 Å². The summed E-state index contributed by atoms with van der Waals surface area (Å²) in [6, 6.07) is 10.4. The van der Waals surface area contributed by atoms with Gasteiger partial charge in [-0.25, -0.2) is 0 Å². The minimum absolute atomic E-state index is 0.189. The molecular weight excluding hydrogens is 242 g/mol. The topological polar surface area (TPSA) is 26.0 Å². The van der Waals surface area contributed by atoms with Gasteiger partial charge in [0.15, 0.2) is 0 Å². The molecule has 2 unspecified atom stereocenters. The van der Waals surface area contributed by atoms with Crippen molar-refractivity contribution in [3.05, 3.63) is 53.6 Å². The molecule has 0 saturated heterocycles. The first-order valence-corrected chi connectivity index (χ1v) is 6.93. The Kier molecular flexibility index (Phi) is 3.94. The molecule has 0 heterocycles. The van der Waals surface area contributed by atoms with Gasteiger partial charge in [0.25, 0.3) is 0 Å². The van der Waals surface area contributed by atoms with Gasteiger partial charge >= 0.3 is 0 Å². The zero-order valence-electron chi connectivity index (χ0n) is 11.0. The SMILES string of the molecule is CCC1=CC(c2ccccc2)=CC(CC)C1(N)Cl. The lowest BCUT2D eigenvalue weighted by molar-refractivity contribution is 0.475. The van der Waals surface area contributed by atoms with Gasteiger partial charge in [0.05, 0.1) is 0 Å². The predicted molar refractivity (Wildman–Crippen MR) is 79.3 cm³/mol. The second kappa shape index (κ2) is 5.29. The third kappa shape index (κ3) is 2.38. The monoisotopic (exact) mass is 261 g/mol. The minimum atomic E-state index is -0.720. The lowest BCUT2D eigenvalue weighted by Gasteiger charge is -2.35. The zero-order chi connectivity index (χ0) is 13.2. The van der Waals surface area contributed by atoms with Crippen molar-refractivity contribution in [1.29, 1.82) is 0 Å². The van der Waals surface area contributed by atoms with Crippen LogP contribution in [-0.2, 0) is 0 Å². The van der Waals surface area contributed by atoms with E-state index in [1.165, 1.54) is 11.1 Å². The highest BCUT2D eigenvalue weighted by Gasteiger charge is 2.36. The van der Waals surface area contributed by atoms with Crippen molar-refractivity contribution >= 4 is 17.2 Å². The molecule has 2 rings (SSSR count). The fourth-order valence-electron chi connectivity index (χ4n) is 2.52. The second-order valence-corrected chi connectivity index (χ2v) is 5.42. The van der Waals surface area contributed by atoms with Gasteiger partial charge < -0.3 is 5.73 Å². The standard InChI is InChI=1S/C16H20ClN/c1-3-14-10-13(12-8-6-5-7-9-12)11-15(4-2)16(14,17)18/h5-11,14H,3-4,18H2,1-2H3. The maximum atomic E-state index is 6.52. The van der Waals surface area contributed by atoms with E-state index in [4.69, 9.17) is 17.3 Å². The van der Waals surface area contributed by atoms with Crippen molar-refractivity contribution in [3.8, 4) is 0 Å². The number of nitrogens with two attached hydrogens (primary N) is 1.